The zero-order chi connectivity index (χ0) is 19.1. The smallest absolute Gasteiger partial charge is 0.255 e. The highest BCUT2D eigenvalue weighted by atomic mass is 16.5. The molecule has 6 heteroatoms. The maximum atomic E-state index is 12.5. The quantitative estimate of drug-likeness (QED) is 0.796. The van der Waals surface area contributed by atoms with E-state index in [4.69, 9.17) is 9.47 Å². The van der Waals surface area contributed by atoms with Gasteiger partial charge in [0, 0.05) is 23.4 Å². The summed E-state index contributed by atoms with van der Waals surface area (Å²) in [5.41, 5.74) is 1.59. The van der Waals surface area contributed by atoms with Gasteiger partial charge in [0.1, 0.15) is 0 Å². The van der Waals surface area contributed by atoms with E-state index >= 15 is 0 Å². The van der Waals surface area contributed by atoms with Gasteiger partial charge in [-0.15, -0.1) is 0 Å². The van der Waals surface area contributed by atoms with Gasteiger partial charge in [0.15, 0.2) is 11.5 Å². The number of ether oxygens (including phenoxy) is 2. The van der Waals surface area contributed by atoms with Crippen LogP contribution >= 0.6 is 0 Å². The Bertz CT molecular complexity index is 770. The fourth-order valence-electron chi connectivity index (χ4n) is 2.33. The fraction of sp³-hybridized carbons (Fsp3) is 0.300. The summed E-state index contributed by atoms with van der Waals surface area (Å²) in [5, 5.41) is 5.53. The molecule has 6 nitrogen and oxygen atoms in total. The number of nitrogens with one attached hydrogen (secondary N) is 2. The number of methoxy groups -OCH3 is 1. The van der Waals surface area contributed by atoms with Crippen LogP contribution in [-0.4, -0.2) is 31.6 Å². The molecule has 0 saturated heterocycles. The molecule has 0 aliphatic carbocycles. The molecule has 26 heavy (non-hydrogen) atoms. The van der Waals surface area contributed by atoms with Gasteiger partial charge in [0.2, 0.25) is 0 Å². The van der Waals surface area contributed by atoms with Crippen molar-refractivity contribution in [3.8, 4) is 11.5 Å². The number of carbonyl (C=O) groups excluding carboxylic acids is 2. The highest BCUT2D eigenvalue weighted by molar-refractivity contribution is 6.05. The molecular weight excluding hydrogens is 332 g/mol. The monoisotopic (exact) mass is 356 g/mol. The second kappa shape index (κ2) is 8.89. The number of anilines is 1. The van der Waals surface area contributed by atoms with E-state index in [1.54, 1.807) is 42.5 Å². The largest absolute Gasteiger partial charge is 0.493 e. The van der Waals surface area contributed by atoms with E-state index in [1.807, 2.05) is 20.8 Å². The summed E-state index contributed by atoms with van der Waals surface area (Å²) >= 11 is 0. The summed E-state index contributed by atoms with van der Waals surface area (Å²) in [6, 6.07) is 11.7. The first-order valence-electron chi connectivity index (χ1n) is 8.49. The standard InChI is InChI=1S/C20H24N2O4/c1-5-21-19(23)14-6-9-16(10-7-14)22-20(24)15-8-11-17(26-13(2)3)18(12-15)25-4/h6-13H,5H2,1-4H3,(H,21,23)(H,22,24). The van der Waals surface area contributed by atoms with Crippen LogP contribution < -0.4 is 20.1 Å². The first-order chi connectivity index (χ1) is 12.4. The number of hydrogen-bond donors (Lipinski definition) is 2. The van der Waals surface area contributed by atoms with Crippen LogP contribution in [-0.2, 0) is 0 Å². The Morgan fingerprint density at radius 3 is 2.19 bits per heavy atom. The number of amides is 2. The average Bonchev–Trinajstić information content (AvgIpc) is 2.62. The molecular formula is C20H24N2O4. The number of benzene rings is 2. The first kappa shape index (κ1) is 19.3. The fourth-order valence-corrected chi connectivity index (χ4v) is 2.33. The van der Waals surface area contributed by atoms with E-state index in [1.165, 1.54) is 7.11 Å². The minimum Gasteiger partial charge on any atom is -0.493 e. The Morgan fingerprint density at radius 1 is 0.962 bits per heavy atom. The maximum Gasteiger partial charge on any atom is 0.255 e. The lowest BCUT2D eigenvalue weighted by molar-refractivity contribution is 0.0955. The van der Waals surface area contributed by atoms with Crippen LogP contribution in [0.15, 0.2) is 42.5 Å². The van der Waals surface area contributed by atoms with Crippen molar-refractivity contribution in [3.63, 3.8) is 0 Å². The lowest BCUT2D eigenvalue weighted by Gasteiger charge is -2.14. The van der Waals surface area contributed by atoms with Crippen molar-refractivity contribution in [1.29, 1.82) is 0 Å². The molecule has 0 saturated carbocycles. The third-order valence-electron chi connectivity index (χ3n) is 3.53. The molecule has 2 aromatic carbocycles. The predicted octanol–water partition coefficient (Wildman–Crippen LogP) is 3.48. The summed E-state index contributed by atoms with van der Waals surface area (Å²) < 4.78 is 11.0. The zero-order valence-electron chi connectivity index (χ0n) is 15.5. The summed E-state index contributed by atoms with van der Waals surface area (Å²) in [7, 11) is 1.53. The number of carbonyl (C=O) groups is 2. The molecule has 0 fully saturated rings. The van der Waals surface area contributed by atoms with Gasteiger partial charge in [-0.3, -0.25) is 9.59 Å². The van der Waals surface area contributed by atoms with Crippen molar-refractivity contribution >= 4 is 17.5 Å². The van der Waals surface area contributed by atoms with Crippen molar-refractivity contribution in [2.24, 2.45) is 0 Å². The van der Waals surface area contributed by atoms with Crippen molar-refractivity contribution in [2.75, 3.05) is 19.0 Å². The minimum absolute atomic E-state index is 0.00648. The molecule has 0 aliphatic heterocycles. The van der Waals surface area contributed by atoms with Gasteiger partial charge >= 0.3 is 0 Å². The van der Waals surface area contributed by atoms with Crippen LogP contribution in [0.5, 0.6) is 11.5 Å². The highest BCUT2D eigenvalue weighted by Gasteiger charge is 2.13. The molecule has 0 atom stereocenters. The second-order valence-electron chi connectivity index (χ2n) is 5.92. The SMILES string of the molecule is CCNC(=O)c1ccc(NC(=O)c2ccc(OC(C)C)c(OC)c2)cc1. The molecule has 2 amide bonds. The average molecular weight is 356 g/mol. The van der Waals surface area contributed by atoms with Crippen molar-refractivity contribution < 1.29 is 19.1 Å². The van der Waals surface area contributed by atoms with Gasteiger partial charge in [0.25, 0.3) is 11.8 Å². The molecule has 2 aromatic rings. The summed E-state index contributed by atoms with van der Waals surface area (Å²) in [4.78, 5) is 24.2. The van der Waals surface area contributed by atoms with E-state index in [9.17, 15) is 9.59 Å². The molecule has 138 valence electrons. The Morgan fingerprint density at radius 2 is 1.62 bits per heavy atom. The summed E-state index contributed by atoms with van der Waals surface area (Å²) in [5.74, 6) is 0.671. The zero-order valence-corrected chi connectivity index (χ0v) is 15.5. The third kappa shape index (κ3) is 4.99. The number of hydrogen-bond acceptors (Lipinski definition) is 4. The molecule has 0 heterocycles. The Hall–Kier alpha value is -3.02. The molecule has 0 spiro atoms. The Labute approximate surface area is 153 Å². The van der Waals surface area contributed by atoms with Gasteiger partial charge < -0.3 is 20.1 Å². The lowest BCUT2D eigenvalue weighted by atomic mass is 10.1. The van der Waals surface area contributed by atoms with Crippen LogP contribution in [0.3, 0.4) is 0 Å². The van der Waals surface area contributed by atoms with Gasteiger partial charge in [-0.1, -0.05) is 0 Å². The summed E-state index contributed by atoms with van der Waals surface area (Å²) in [6.07, 6.45) is 0.00648. The number of rotatable bonds is 7. The topological polar surface area (TPSA) is 76.7 Å². The molecule has 0 bridgehead atoms. The van der Waals surface area contributed by atoms with Crippen molar-refractivity contribution in [3.05, 3.63) is 53.6 Å². The van der Waals surface area contributed by atoms with Crippen LogP contribution in [0, 0.1) is 0 Å². The maximum absolute atomic E-state index is 12.5. The normalized spacial score (nSPS) is 10.3. The summed E-state index contributed by atoms with van der Waals surface area (Å²) in [6.45, 7) is 6.27. The molecule has 0 unspecified atom stereocenters. The van der Waals surface area contributed by atoms with Gasteiger partial charge in [-0.05, 0) is 63.2 Å². The van der Waals surface area contributed by atoms with Crippen LogP contribution in [0.1, 0.15) is 41.5 Å². The van der Waals surface area contributed by atoms with E-state index in [0.717, 1.165) is 0 Å². The molecule has 0 aromatic heterocycles. The van der Waals surface area contributed by atoms with Crippen LogP contribution in [0.2, 0.25) is 0 Å². The van der Waals surface area contributed by atoms with Gasteiger partial charge in [-0.25, -0.2) is 0 Å². The molecule has 2 N–H and O–H groups in total. The van der Waals surface area contributed by atoms with E-state index < -0.39 is 0 Å². The van der Waals surface area contributed by atoms with Crippen LogP contribution in [0.4, 0.5) is 5.69 Å². The lowest BCUT2D eigenvalue weighted by Crippen LogP contribution is -2.22. The molecule has 0 aliphatic rings. The van der Waals surface area contributed by atoms with Gasteiger partial charge in [0.05, 0.1) is 13.2 Å². The van der Waals surface area contributed by atoms with E-state index in [2.05, 4.69) is 10.6 Å². The molecule has 2 rings (SSSR count). The Balaban J connectivity index is 2.10. The van der Waals surface area contributed by atoms with Crippen LogP contribution in [0.25, 0.3) is 0 Å². The third-order valence-corrected chi connectivity index (χ3v) is 3.53. The molecule has 0 radical (unpaired) electrons. The van der Waals surface area contributed by atoms with E-state index in [-0.39, 0.29) is 17.9 Å². The van der Waals surface area contributed by atoms with Crippen molar-refractivity contribution in [1.82, 2.24) is 5.32 Å². The predicted molar refractivity (Wildman–Crippen MR) is 101 cm³/mol. The van der Waals surface area contributed by atoms with Gasteiger partial charge in [-0.2, -0.15) is 0 Å². The Kier molecular flexibility index (Phi) is 6.60. The second-order valence-corrected chi connectivity index (χ2v) is 5.92. The van der Waals surface area contributed by atoms with Crippen molar-refractivity contribution in [2.45, 2.75) is 26.9 Å². The minimum atomic E-state index is -0.273. The first-order valence-corrected chi connectivity index (χ1v) is 8.49. The van der Waals surface area contributed by atoms with E-state index in [0.29, 0.717) is 34.9 Å². The highest BCUT2D eigenvalue weighted by Crippen LogP contribution is 2.29.